The van der Waals surface area contributed by atoms with Crippen LogP contribution >= 0.6 is 0 Å². The Balaban J connectivity index is 1.90. The first-order valence-electron chi connectivity index (χ1n) is 8.26. The standard InChI is InChI=1S/C20H21FN2O2/c1-12-8-9-14(10-13(12)2)15-11-23(3)20(25)18(15)19(24)22-17-7-5-4-6-16(17)21/h4-10,15,18H,11H2,1-3H3,(H,22,24)/t15-,18+/m1/s1. The summed E-state index contributed by atoms with van der Waals surface area (Å²) in [4.78, 5) is 26.8. The maximum atomic E-state index is 13.8. The molecule has 0 saturated carbocycles. The number of likely N-dealkylation sites (tertiary alicyclic amines) is 1. The van der Waals surface area contributed by atoms with Crippen LogP contribution in [0.3, 0.4) is 0 Å². The van der Waals surface area contributed by atoms with Gasteiger partial charge in [-0.15, -0.1) is 0 Å². The molecule has 1 N–H and O–H groups in total. The summed E-state index contributed by atoms with van der Waals surface area (Å²) in [5.74, 6) is -2.33. The van der Waals surface area contributed by atoms with Gasteiger partial charge in [-0.25, -0.2) is 4.39 Å². The first-order valence-corrected chi connectivity index (χ1v) is 8.26. The molecule has 0 aromatic heterocycles. The Morgan fingerprint density at radius 2 is 1.88 bits per heavy atom. The highest BCUT2D eigenvalue weighted by Crippen LogP contribution is 2.34. The molecule has 3 rings (SSSR count). The zero-order valence-electron chi connectivity index (χ0n) is 14.5. The van der Waals surface area contributed by atoms with E-state index in [1.54, 1.807) is 24.1 Å². The minimum Gasteiger partial charge on any atom is -0.344 e. The molecule has 0 aliphatic carbocycles. The number of nitrogens with one attached hydrogen (secondary N) is 1. The van der Waals surface area contributed by atoms with Crippen LogP contribution in [0.2, 0.25) is 0 Å². The van der Waals surface area contributed by atoms with Gasteiger partial charge in [0.2, 0.25) is 11.8 Å². The third kappa shape index (κ3) is 3.27. The van der Waals surface area contributed by atoms with E-state index in [-0.39, 0.29) is 17.5 Å². The third-order valence-corrected chi connectivity index (χ3v) is 4.89. The molecule has 1 fully saturated rings. The van der Waals surface area contributed by atoms with Crippen LogP contribution in [0.5, 0.6) is 0 Å². The average Bonchev–Trinajstić information content (AvgIpc) is 2.87. The maximum Gasteiger partial charge on any atom is 0.237 e. The Bertz CT molecular complexity index is 834. The smallest absolute Gasteiger partial charge is 0.237 e. The van der Waals surface area contributed by atoms with E-state index >= 15 is 0 Å². The van der Waals surface area contributed by atoms with Crippen molar-refractivity contribution in [3.8, 4) is 0 Å². The number of benzene rings is 2. The largest absolute Gasteiger partial charge is 0.344 e. The van der Waals surface area contributed by atoms with Crippen molar-refractivity contribution in [3.05, 3.63) is 65.0 Å². The lowest BCUT2D eigenvalue weighted by Gasteiger charge is -2.18. The van der Waals surface area contributed by atoms with Crippen LogP contribution < -0.4 is 5.32 Å². The second-order valence-electron chi connectivity index (χ2n) is 6.62. The SMILES string of the molecule is Cc1ccc([C@H]2CN(C)C(=O)[C@@H]2C(=O)Nc2ccccc2F)cc1C. The number of likely N-dealkylation sites (N-methyl/N-ethyl adjacent to an activating group) is 1. The Morgan fingerprint density at radius 1 is 1.16 bits per heavy atom. The summed E-state index contributed by atoms with van der Waals surface area (Å²) in [6, 6.07) is 11.9. The molecule has 1 saturated heterocycles. The van der Waals surface area contributed by atoms with E-state index in [1.165, 1.54) is 12.1 Å². The lowest BCUT2D eigenvalue weighted by Crippen LogP contribution is -2.33. The van der Waals surface area contributed by atoms with Gasteiger partial charge in [0.05, 0.1) is 5.69 Å². The number of aryl methyl sites for hydroxylation is 2. The maximum absolute atomic E-state index is 13.8. The summed E-state index contributed by atoms with van der Waals surface area (Å²) >= 11 is 0. The molecule has 1 heterocycles. The lowest BCUT2D eigenvalue weighted by molar-refractivity contribution is -0.135. The van der Waals surface area contributed by atoms with Crippen molar-refractivity contribution in [2.45, 2.75) is 19.8 Å². The Kier molecular flexibility index (Phi) is 4.57. The normalized spacial score (nSPS) is 20.0. The molecule has 0 unspecified atom stereocenters. The van der Waals surface area contributed by atoms with Crippen molar-refractivity contribution in [3.63, 3.8) is 0 Å². The number of hydrogen-bond acceptors (Lipinski definition) is 2. The molecule has 0 bridgehead atoms. The number of amides is 2. The topological polar surface area (TPSA) is 49.4 Å². The summed E-state index contributed by atoms with van der Waals surface area (Å²) in [5.41, 5.74) is 3.32. The number of halogens is 1. The fraction of sp³-hybridized carbons (Fsp3) is 0.300. The number of anilines is 1. The highest BCUT2D eigenvalue weighted by Gasteiger charge is 2.44. The predicted octanol–water partition coefficient (Wildman–Crippen LogP) is 3.25. The molecule has 2 atom stereocenters. The molecule has 2 aromatic rings. The van der Waals surface area contributed by atoms with Crippen molar-refractivity contribution in [2.24, 2.45) is 5.92 Å². The van der Waals surface area contributed by atoms with E-state index in [0.29, 0.717) is 6.54 Å². The molecule has 2 aromatic carbocycles. The number of hydrogen-bond donors (Lipinski definition) is 1. The molecule has 130 valence electrons. The molecular weight excluding hydrogens is 319 g/mol. The van der Waals surface area contributed by atoms with E-state index in [0.717, 1.165) is 16.7 Å². The van der Waals surface area contributed by atoms with Gasteiger partial charge in [0.15, 0.2) is 0 Å². The lowest BCUT2D eigenvalue weighted by atomic mass is 9.86. The van der Waals surface area contributed by atoms with Crippen molar-refractivity contribution in [1.82, 2.24) is 4.90 Å². The molecule has 25 heavy (non-hydrogen) atoms. The summed E-state index contributed by atoms with van der Waals surface area (Å²) < 4.78 is 13.8. The van der Waals surface area contributed by atoms with Crippen molar-refractivity contribution >= 4 is 17.5 Å². The second kappa shape index (κ2) is 6.67. The molecule has 0 spiro atoms. The van der Waals surface area contributed by atoms with Gasteiger partial charge in [-0.1, -0.05) is 30.3 Å². The van der Waals surface area contributed by atoms with Crippen molar-refractivity contribution in [1.29, 1.82) is 0 Å². The molecule has 2 amide bonds. The monoisotopic (exact) mass is 340 g/mol. The van der Waals surface area contributed by atoms with E-state index in [2.05, 4.69) is 5.32 Å². The van der Waals surface area contributed by atoms with Gasteiger partial charge in [-0.2, -0.15) is 0 Å². The Morgan fingerprint density at radius 3 is 2.56 bits per heavy atom. The van der Waals surface area contributed by atoms with Crippen LogP contribution in [-0.2, 0) is 9.59 Å². The van der Waals surface area contributed by atoms with Gasteiger partial charge in [-0.3, -0.25) is 9.59 Å². The first kappa shape index (κ1) is 17.1. The quantitative estimate of drug-likeness (QED) is 0.872. The summed E-state index contributed by atoms with van der Waals surface area (Å²) in [6.45, 7) is 4.50. The van der Waals surface area contributed by atoms with Crippen molar-refractivity contribution < 1.29 is 14.0 Å². The van der Waals surface area contributed by atoms with Crippen LogP contribution in [0.15, 0.2) is 42.5 Å². The first-order chi connectivity index (χ1) is 11.9. The minimum absolute atomic E-state index is 0.0914. The van der Waals surface area contributed by atoms with Gasteiger partial charge in [-0.05, 0) is 42.7 Å². The number of para-hydroxylation sites is 1. The number of carbonyl (C=O) groups is 2. The van der Waals surface area contributed by atoms with Crippen LogP contribution in [0.25, 0.3) is 0 Å². The van der Waals surface area contributed by atoms with Gasteiger partial charge >= 0.3 is 0 Å². The van der Waals surface area contributed by atoms with E-state index < -0.39 is 17.6 Å². The highest BCUT2D eigenvalue weighted by molar-refractivity contribution is 6.08. The summed E-state index contributed by atoms with van der Waals surface area (Å²) in [6.07, 6.45) is 0. The molecular formula is C20H21FN2O2. The fourth-order valence-electron chi connectivity index (χ4n) is 3.26. The zero-order valence-corrected chi connectivity index (χ0v) is 14.5. The van der Waals surface area contributed by atoms with Crippen LogP contribution in [0.1, 0.15) is 22.6 Å². The number of nitrogens with zero attached hydrogens (tertiary/aromatic N) is 1. The second-order valence-corrected chi connectivity index (χ2v) is 6.62. The van der Waals surface area contributed by atoms with E-state index in [9.17, 15) is 14.0 Å². The van der Waals surface area contributed by atoms with Gasteiger partial charge in [0, 0.05) is 19.5 Å². The minimum atomic E-state index is -0.855. The summed E-state index contributed by atoms with van der Waals surface area (Å²) in [5, 5.41) is 2.57. The zero-order chi connectivity index (χ0) is 18.1. The fourth-order valence-corrected chi connectivity index (χ4v) is 3.26. The van der Waals surface area contributed by atoms with Crippen LogP contribution in [0.4, 0.5) is 10.1 Å². The average molecular weight is 340 g/mol. The molecule has 5 heteroatoms. The Hall–Kier alpha value is -2.69. The van der Waals surface area contributed by atoms with Crippen LogP contribution in [0, 0.1) is 25.6 Å². The highest BCUT2D eigenvalue weighted by atomic mass is 19.1. The molecule has 1 aliphatic heterocycles. The van der Waals surface area contributed by atoms with E-state index in [4.69, 9.17) is 0 Å². The molecule has 4 nitrogen and oxygen atoms in total. The number of rotatable bonds is 3. The van der Waals surface area contributed by atoms with Crippen molar-refractivity contribution in [2.75, 3.05) is 18.9 Å². The predicted molar refractivity (Wildman–Crippen MR) is 94.8 cm³/mol. The summed E-state index contributed by atoms with van der Waals surface area (Å²) in [7, 11) is 1.69. The van der Waals surface area contributed by atoms with E-state index in [1.807, 2.05) is 32.0 Å². The van der Waals surface area contributed by atoms with Gasteiger partial charge < -0.3 is 10.2 Å². The molecule has 0 radical (unpaired) electrons. The van der Waals surface area contributed by atoms with Gasteiger partial charge in [0.1, 0.15) is 11.7 Å². The number of carbonyl (C=O) groups excluding carboxylic acids is 2. The van der Waals surface area contributed by atoms with Crippen LogP contribution in [-0.4, -0.2) is 30.3 Å². The third-order valence-electron chi connectivity index (χ3n) is 4.89. The Labute approximate surface area is 146 Å². The van der Waals surface area contributed by atoms with Gasteiger partial charge in [0.25, 0.3) is 0 Å². The molecule has 1 aliphatic rings.